The molecule has 0 spiro atoms. The highest BCUT2D eigenvalue weighted by Crippen LogP contribution is 2.45. The van der Waals surface area contributed by atoms with E-state index in [1.807, 2.05) is 34.0 Å². The summed E-state index contributed by atoms with van der Waals surface area (Å²) in [4.78, 5) is 0. The Kier molecular flexibility index (Phi) is 3.28. The second-order valence-electron chi connectivity index (χ2n) is 6.93. The summed E-state index contributed by atoms with van der Waals surface area (Å²) in [5, 5.41) is 5.46. The van der Waals surface area contributed by atoms with E-state index in [-0.39, 0.29) is 0 Å². The Morgan fingerprint density at radius 3 is 2.22 bits per heavy atom. The predicted molar refractivity (Wildman–Crippen MR) is 121 cm³/mol. The van der Waals surface area contributed by atoms with Crippen LogP contribution >= 0.6 is 34.0 Å². The summed E-state index contributed by atoms with van der Waals surface area (Å²) in [7, 11) is 2.22. The monoisotopic (exact) mass is 402 g/mol. The number of fused-ring (bicyclic) bond motifs is 6. The average molecular weight is 403 g/mol. The fraction of sp³-hybridized carbons (Fsp3) is 0.0870. The normalized spacial score (nSPS) is 12.1. The van der Waals surface area contributed by atoms with Crippen LogP contribution in [0.1, 0.15) is 5.56 Å². The lowest BCUT2D eigenvalue weighted by atomic mass is 10.0. The topological polar surface area (TPSA) is 3.88 Å². The third-order valence-electron chi connectivity index (χ3n) is 5.34. The van der Waals surface area contributed by atoms with Gasteiger partial charge in [0.25, 0.3) is 5.01 Å². The van der Waals surface area contributed by atoms with Gasteiger partial charge in [0.15, 0.2) is 4.01 Å². The summed E-state index contributed by atoms with van der Waals surface area (Å²) in [5.41, 5.74) is 4.12. The Morgan fingerprint density at radius 2 is 1.41 bits per heavy atom. The second-order valence-corrected chi connectivity index (χ2v) is 10.3. The zero-order valence-corrected chi connectivity index (χ0v) is 17.4. The van der Waals surface area contributed by atoms with Gasteiger partial charge in [-0.2, -0.15) is 4.57 Å². The molecule has 0 aliphatic carbocycles. The molecule has 130 valence electrons. The average Bonchev–Trinajstić information content (AvgIpc) is 3.32. The molecule has 0 N–H and O–H groups in total. The van der Waals surface area contributed by atoms with Gasteiger partial charge in [0.2, 0.25) is 5.52 Å². The lowest BCUT2D eigenvalue weighted by Crippen LogP contribution is -2.28. The quantitative estimate of drug-likeness (QED) is 0.254. The van der Waals surface area contributed by atoms with Crippen molar-refractivity contribution in [3.8, 4) is 10.6 Å². The maximum atomic E-state index is 2.41. The van der Waals surface area contributed by atoms with Crippen molar-refractivity contribution in [2.45, 2.75) is 6.92 Å². The minimum Gasteiger partial charge on any atom is -0.183 e. The molecule has 3 aromatic carbocycles. The first-order valence-electron chi connectivity index (χ1n) is 8.93. The van der Waals surface area contributed by atoms with Crippen LogP contribution in [0.5, 0.6) is 0 Å². The third kappa shape index (κ3) is 2.12. The first kappa shape index (κ1) is 15.8. The largest absolute Gasteiger partial charge is 0.272 e. The van der Waals surface area contributed by atoms with Gasteiger partial charge in [0.05, 0.1) is 15.6 Å². The molecule has 0 radical (unpaired) electrons. The maximum absolute atomic E-state index is 2.41. The summed E-state index contributed by atoms with van der Waals surface area (Å²) in [5.74, 6) is 0. The first-order valence-corrected chi connectivity index (χ1v) is 11.4. The lowest BCUT2D eigenvalue weighted by molar-refractivity contribution is -0.628. The van der Waals surface area contributed by atoms with Gasteiger partial charge in [-0.25, -0.2) is 0 Å². The van der Waals surface area contributed by atoms with Crippen LogP contribution in [0, 0.1) is 6.92 Å². The van der Waals surface area contributed by atoms with E-state index in [4.69, 9.17) is 0 Å². The van der Waals surface area contributed by atoms with Crippen molar-refractivity contribution in [1.29, 1.82) is 0 Å². The number of thiophene rings is 2. The molecule has 0 amide bonds. The molecule has 0 saturated heterocycles. The van der Waals surface area contributed by atoms with E-state index in [1.165, 1.54) is 55.9 Å². The summed E-state index contributed by atoms with van der Waals surface area (Å²) >= 11 is 5.76. The number of benzene rings is 3. The number of nitrogens with zero attached hydrogens (tertiary/aromatic N) is 1. The Hall–Kier alpha value is -2.27. The van der Waals surface area contributed by atoms with Crippen LogP contribution in [0.2, 0.25) is 0 Å². The lowest BCUT2D eigenvalue weighted by Gasteiger charge is -2.03. The molecule has 0 saturated carbocycles. The van der Waals surface area contributed by atoms with Crippen molar-refractivity contribution in [3.05, 3.63) is 66.2 Å². The molecule has 0 aliphatic heterocycles. The van der Waals surface area contributed by atoms with Crippen molar-refractivity contribution in [2.75, 3.05) is 0 Å². The zero-order valence-electron chi connectivity index (χ0n) is 14.9. The fourth-order valence-electron chi connectivity index (χ4n) is 4.03. The van der Waals surface area contributed by atoms with Gasteiger partial charge in [-0.15, -0.1) is 22.7 Å². The minimum atomic E-state index is 1.35. The summed E-state index contributed by atoms with van der Waals surface area (Å²) in [6, 6.07) is 22.1. The van der Waals surface area contributed by atoms with Crippen molar-refractivity contribution in [1.82, 2.24) is 0 Å². The highest BCUT2D eigenvalue weighted by molar-refractivity contribution is 7.42. The maximum Gasteiger partial charge on any atom is 0.272 e. The number of thiazole rings is 1. The van der Waals surface area contributed by atoms with E-state index in [0.29, 0.717) is 0 Å². The van der Waals surface area contributed by atoms with Crippen molar-refractivity contribution >= 4 is 73.8 Å². The molecule has 1 nitrogen and oxygen atoms in total. The summed E-state index contributed by atoms with van der Waals surface area (Å²) in [6.45, 7) is 2.24. The minimum absolute atomic E-state index is 1.35. The van der Waals surface area contributed by atoms with E-state index in [1.54, 1.807) is 0 Å². The fourth-order valence-corrected chi connectivity index (χ4v) is 8.14. The molecule has 0 unspecified atom stereocenters. The Labute approximate surface area is 168 Å². The molecule has 4 heteroatoms. The van der Waals surface area contributed by atoms with E-state index in [9.17, 15) is 0 Å². The number of rotatable bonds is 1. The van der Waals surface area contributed by atoms with Crippen molar-refractivity contribution in [2.24, 2.45) is 7.05 Å². The second kappa shape index (κ2) is 5.61. The molecular formula is C23H16NS3+. The van der Waals surface area contributed by atoms with Gasteiger partial charge in [-0.1, -0.05) is 53.8 Å². The number of aryl methyl sites for hydroxylation is 2. The summed E-state index contributed by atoms with van der Waals surface area (Å²) < 4.78 is 7.96. The molecular weight excluding hydrogens is 386 g/mol. The van der Waals surface area contributed by atoms with Gasteiger partial charge in [0.1, 0.15) is 7.05 Å². The van der Waals surface area contributed by atoms with Crippen LogP contribution in [0.25, 0.3) is 50.4 Å². The predicted octanol–water partition coefficient (Wildman–Crippen LogP) is 7.28. The van der Waals surface area contributed by atoms with Crippen molar-refractivity contribution in [3.63, 3.8) is 0 Å². The molecule has 0 atom stereocenters. The van der Waals surface area contributed by atoms with Crippen LogP contribution in [0.3, 0.4) is 0 Å². The van der Waals surface area contributed by atoms with E-state index in [2.05, 4.69) is 79.2 Å². The zero-order chi connectivity index (χ0) is 18.1. The SMILES string of the molecule is Cc1ccc2c(sc3ccccc32)c1-c1sc2sc3ccccc3c2[n+]1C. The van der Waals surface area contributed by atoms with Crippen LogP contribution in [-0.4, -0.2) is 0 Å². The molecule has 6 rings (SSSR count). The highest BCUT2D eigenvalue weighted by atomic mass is 32.2. The van der Waals surface area contributed by atoms with Crippen molar-refractivity contribution < 1.29 is 4.57 Å². The Balaban J connectivity index is 1.75. The molecule has 3 heterocycles. The third-order valence-corrected chi connectivity index (χ3v) is 9.05. The molecule has 6 aromatic rings. The summed E-state index contributed by atoms with van der Waals surface area (Å²) in [6.07, 6.45) is 0. The standard InChI is InChI=1S/C23H16NS3/c1-13-11-12-15-14-7-3-5-9-17(14)25-21(15)19(13)22-24(2)20-16-8-4-6-10-18(16)26-23(20)27-22/h3-12H,1-2H3/q+1. The van der Waals surface area contributed by atoms with Gasteiger partial charge in [-0.3, -0.25) is 0 Å². The molecule has 3 aromatic heterocycles. The molecule has 0 fully saturated rings. The van der Waals surface area contributed by atoms with Gasteiger partial charge < -0.3 is 0 Å². The molecule has 27 heavy (non-hydrogen) atoms. The highest BCUT2D eigenvalue weighted by Gasteiger charge is 2.26. The van der Waals surface area contributed by atoms with E-state index >= 15 is 0 Å². The molecule has 0 bridgehead atoms. The van der Waals surface area contributed by atoms with Gasteiger partial charge >= 0.3 is 0 Å². The van der Waals surface area contributed by atoms with E-state index < -0.39 is 0 Å². The Bertz CT molecular complexity index is 1500. The van der Waals surface area contributed by atoms with E-state index in [0.717, 1.165) is 0 Å². The number of aromatic nitrogens is 1. The smallest absolute Gasteiger partial charge is 0.183 e. The van der Waals surface area contributed by atoms with Crippen LogP contribution in [0.15, 0.2) is 60.7 Å². The molecule has 0 aliphatic rings. The van der Waals surface area contributed by atoms with Crippen LogP contribution in [-0.2, 0) is 7.05 Å². The number of hydrogen-bond donors (Lipinski definition) is 0. The van der Waals surface area contributed by atoms with Gasteiger partial charge in [-0.05, 0) is 30.7 Å². The van der Waals surface area contributed by atoms with Crippen LogP contribution < -0.4 is 4.57 Å². The van der Waals surface area contributed by atoms with Gasteiger partial charge in [0, 0.05) is 20.2 Å². The number of hydrogen-bond acceptors (Lipinski definition) is 3. The Morgan fingerprint density at radius 1 is 0.704 bits per heavy atom. The first-order chi connectivity index (χ1) is 13.2. The van der Waals surface area contributed by atoms with Crippen LogP contribution in [0.4, 0.5) is 0 Å².